The van der Waals surface area contributed by atoms with Crippen LogP contribution in [0.1, 0.15) is 26.7 Å². The van der Waals surface area contributed by atoms with Gasteiger partial charge in [-0.1, -0.05) is 49.2 Å². The van der Waals surface area contributed by atoms with Crippen molar-refractivity contribution >= 4 is 8.07 Å². The van der Waals surface area contributed by atoms with Gasteiger partial charge in [0, 0.05) is 0 Å². The van der Waals surface area contributed by atoms with Gasteiger partial charge < -0.3 is 0 Å². The quantitative estimate of drug-likeness (QED) is 0.460. The van der Waals surface area contributed by atoms with E-state index in [0.717, 1.165) is 0 Å². The third-order valence-corrected chi connectivity index (χ3v) is 8.27. The smallest absolute Gasteiger partial charge is 0.0610 e. The van der Waals surface area contributed by atoms with Crippen molar-refractivity contribution in [2.45, 2.75) is 50.9 Å². The average molecular weight is 194 g/mol. The fourth-order valence-corrected chi connectivity index (χ4v) is 7.06. The van der Waals surface area contributed by atoms with Crippen molar-refractivity contribution in [2.75, 3.05) is 0 Å². The summed E-state index contributed by atoms with van der Waals surface area (Å²) in [4.78, 5) is 0. The maximum Gasteiger partial charge on any atom is 0.0610 e. The van der Waals surface area contributed by atoms with Crippen LogP contribution in [0.25, 0.3) is 0 Å². The Morgan fingerprint density at radius 2 is 1.38 bits per heavy atom. The Morgan fingerprint density at radius 3 is 1.77 bits per heavy atom. The van der Waals surface area contributed by atoms with Gasteiger partial charge in [0.1, 0.15) is 0 Å². The van der Waals surface area contributed by atoms with E-state index in [1.165, 1.54) is 24.9 Å². The van der Waals surface area contributed by atoms with Crippen LogP contribution < -0.4 is 0 Å². The summed E-state index contributed by atoms with van der Waals surface area (Å²) in [5, 5.41) is 0. The standard InChI is InChI=1S/C12H22Si/c1-3-5-9-13(10-6-4-2)11-7-8-12-13/h3-6H,7-12H2,1-2H3. The molecule has 0 aromatic carbocycles. The molecule has 0 N–H and O–H groups in total. The van der Waals surface area contributed by atoms with Crippen LogP contribution in [0, 0.1) is 0 Å². The van der Waals surface area contributed by atoms with Gasteiger partial charge in [0.05, 0.1) is 8.07 Å². The van der Waals surface area contributed by atoms with Gasteiger partial charge in [0.15, 0.2) is 0 Å². The van der Waals surface area contributed by atoms with Crippen LogP contribution in [0.5, 0.6) is 0 Å². The Bertz CT molecular complexity index is 169. The summed E-state index contributed by atoms with van der Waals surface area (Å²) in [7, 11) is -0.848. The molecule has 0 aromatic rings. The largest absolute Gasteiger partial charge is 0.0919 e. The average Bonchev–Trinajstić information content (AvgIpc) is 2.61. The molecule has 1 rings (SSSR count). The molecule has 0 bridgehead atoms. The molecular formula is C12H22Si. The van der Waals surface area contributed by atoms with Crippen molar-refractivity contribution < 1.29 is 0 Å². The summed E-state index contributed by atoms with van der Waals surface area (Å²) < 4.78 is 0. The van der Waals surface area contributed by atoms with Crippen molar-refractivity contribution in [1.82, 2.24) is 0 Å². The van der Waals surface area contributed by atoms with Crippen LogP contribution in [0.15, 0.2) is 24.3 Å². The minimum atomic E-state index is -0.848. The van der Waals surface area contributed by atoms with Gasteiger partial charge in [-0.3, -0.25) is 0 Å². The second kappa shape index (κ2) is 5.43. The highest BCUT2D eigenvalue weighted by molar-refractivity contribution is 6.81. The summed E-state index contributed by atoms with van der Waals surface area (Å²) in [5.41, 5.74) is 0. The molecule has 0 nitrogen and oxygen atoms in total. The van der Waals surface area contributed by atoms with E-state index in [1.807, 2.05) is 0 Å². The number of allylic oxidation sites excluding steroid dienone is 4. The third-order valence-electron chi connectivity index (χ3n) is 3.24. The monoisotopic (exact) mass is 194 g/mol. The molecule has 0 unspecified atom stereocenters. The van der Waals surface area contributed by atoms with Crippen molar-refractivity contribution in [3.63, 3.8) is 0 Å². The molecule has 13 heavy (non-hydrogen) atoms. The Morgan fingerprint density at radius 1 is 0.923 bits per heavy atom. The van der Waals surface area contributed by atoms with Crippen molar-refractivity contribution in [2.24, 2.45) is 0 Å². The SMILES string of the molecule is CC=CC[Si]1(CC=CC)CCCC1. The first-order valence-corrected chi connectivity index (χ1v) is 8.38. The van der Waals surface area contributed by atoms with Crippen LogP contribution >= 0.6 is 0 Å². The van der Waals surface area contributed by atoms with E-state index in [9.17, 15) is 0 Å². The van der Waals surface area contributed by atoms with E-state index in [0.29, 0.717) is 0 Å². The number of rotatable bonds is 4. The molecule has 0 saturated carbocycles. The topological polar surface area (TPSA) is 0 Å². The van der Waals surface area contributed by atoms with Gasteiger partial charge in [-0.15, -0.1) is 0 Å². The maximum atomic E-state index is 2.40. The fourth-order valence-electron chi connectivity index (χ4n) is 2.35. The van der Waals surface area contributed by atoms with Crippen LogP contribution in [0.2, 0.25) is 24.2 Å². The van der Waals surface area contributed by atoms with Crippen molar-refractivity contribution in [3.05, 3.63) is 24.3 Å². The normalized spacial score (nSPS) is 22.0. The van der Waals surface area contributed by atoms with Gasteiger partial charge in [-0.05, 0) is 25.9 Å². The summed E-state index contributed by atoms with van der Waals surface area (Å²) in [5.74, 6) is 0. The van der Waals surface area contributed by atoms with E-state index in [1.54, 1.807) is 12.1 Å². The lowest BCUT2D eigenvalue weighted by molar-refractivity contribution is 0.935. The van der Waals surface area contributed by atoms with Crippen LogP contribution in [-0.2, 0) is 0 Å². The predicted octanol–water partition coefficient (Wildman–Crippen LogP) is 4.38. The van der Waals surface area contributed by atoms with Gasteiger partial charge in [0.2, 0.25) is 0 Å². The molecule has 0 aliphatic carbocycles. The summed E-state index contributed by atoms with van der Waals surface area (Å²) >= 11 is 0. The third kappa shape index (κ3) is 3.15. The van der Waals surface area contributed by atoms with E-state index in [2.05, 4.69) is 38.2 Å². The van der Waals surface area contributed by atoms with Crippen LogP contribution in [-0.4, -0.2) is 8.07 Å². The Hall–Kier alpha value is -0.303. The molecule has 74 valence electrons. The van der Waals surface area contributed by atoms with Gasteiger partial charge >= 0.3 is 0 Å². The molecule has 0 aromatic heterocycles. The lowest BCUT2D eigenvalue weighted by Crippen LogP contribution is -2.27. The molecule has 1 heteroatoms. The fraction of sp³-hybridized carbons (Fsp3) is 0.667. The molecule has 1 aliphatic heterocycles. The highest BCUT2D eigenvalue weighted by Gasteiger charge is 2.33. The minimum Gasteiger partial charge on any atom is -0.0919 e. The Balaban J connectivity index is 2.52. The first-order chi connectivity index (χ1) is 6.33. The van der Waals surface area contributed by atoms with E-state index in [-0.39, 0.29) is 0 Å². The summed E-state index contributed by atoms with van der Waals surface area (Å²) in [6.07, 6.45) is 12.3. The maximum absolute atomic E-state index is 2.40. The van der Waals surface area contributed by atoms with E-state index in [4.69, 9.17) is 0 Å². The molecule has 1 saturated heterocycles. The lowest BCUT2D eigenvalue weighted by Gasteiger charge is -2.23. The highest BCUT2D eigenvalue weighted by Crippen LogP contribution is 2.37. The molecule has 1 heterocycles. The van der Waals surface area contributed by atoms with Gasteiger partial charge in [0.25, 0.3) is 0 Å². The highest BCUT2D eigenvalue weighted by atomic mass is 28.3. The van der Waals surface area contributed by atoms with Crippen LogP contribution in [0.4, 0.5) is 0 Å². The minimum absolute atomic E-state index is 0.848. The molecule has 0 spiro atoms. The first-order valence-electron chi connectivity index (χ1n) is 5.55. The summed E-state index contributed by atoms with van der Waals surface area (Å²) in [6.45, 7) is 4.29. The first kappa shape index (κ1) is 10.8. The zero-order valence-electron chi connectivity index (χ0n) is 9.05. The second-order valence-corrected chi connectivity index (χ2v) is 9.07. The lowest BCUT2D eigenvalue weighted by atomic mass is 10.4. The Labute approximate surface area is 83.7 Å². The Kier molecular flexibility index (Phi) is 4.50. The second-order valence-electron chi connectivity index (χ2n) is 4.25. The predicted molar refractivity (Wildman–Crippen MR) is 63.8 cm³/mol. The number of hydrogen-bond acceptors (Lipinski definition) is 0. The molecular weight excluding hydrogens is 172 g/mol. The van der Waals surface area contributed by atoms with Gasteiger partial charge in [-0.2, -0.15) is 0 Å². The zero-order valence-corrected chi connectivity index (χ0v) is 10.1. The molecule has 1 fully saturated rings. The van der Waals surface area contributed by atoms with E-state index < -0.39 is 8.07 Å². The molecule has 0 atom stereocenters. The van der Waals surface area contributed by atoms with Crippen molar-refractivity contribution in [1.29, 1.82) is 0 Å². The van der Waals surface area contributed by atoms with Crippen LogP contribution in [0.3, 0.4) is 0 Å². The van der Waals surface area contributed by atoms with Crippen molar-refractivity contribution in [3.8, 4) is 0 Å². The zero-order chi connectivity index (χ0) is 9.57. The van der Waals surface area contributed by atoms with E-state index >= 15 is 0 Å². The molecule has 1 aliphatic rings. The van der Waals surface area contributed by atoms with Gasteiger partial charge in [-0.25, -0.2) is 0 Å². The number of hydrogen-bond donors (Lipinski definition) is 0. The summed E-state index contributed by atoms with van der Waals surface area (Å²) in [6, 6.07) is 5.99. The molecule has 0 amide bonds. The molecule has 0 radical (unpaired) electrons.